The summed E-state index contributed by atoms with van der Waals surface area (Å²) in [7, 11) is 0. The van der Waals surface area contributed by atoms with E-state index in [2.05, 4.69) is 6.92 Å². The lowest BCUT2D eigenvalue weighted by Gasteiger charge is -2.14. The van der Waals surface area contributed by atoms with E-state index in [-0.39, 0.29) is 18.3 Å². The van der Waals surface area contributed by atoms with E-state index in [1.54, 1.807) is 12.1 Å². The third kappa shape index (κ3) is 7.64. The van der Waals surface area contributed by atoms with Crippen molar-refractivity contribution >= 4 is 0 Å². The molecule has 1 atom stereocenters. The molecule has 114 valence electrons. The molecule has 1 rings (SSSR count). The van der Waals surface area contributed by atoms with Gasteiger partial charge in [0.05, 0.1) is 0 Å². The molecule has 0 fully saturated rings. The predicted octanol–water partition coefficient (Wildman–Crippen LogP) is 5.12. The number of aliphatic hydroxyl groups is 1. The lowest BCUT2D eigenvalue weighted by atomic mass is 9.94. The summed E-state index contributed by atoms with van der Waals surface area (Å²) in [6.45, 7) is 2.44. The van der Waals surface area contributed by atoms with E-state index < -0.39 is 0 Å². The van der Waals surface area contributed by atoms with Crippen molar-refractivity contribution in [3.63, 3.8) is 0 Å². The van der Waals surface area contributed by atoms with Crippen LogP contribution in [0.4, 0.5) is 4.39 Å². The molecule has 0 saturated heterocycles. The van der Waals surface area contributed by atoms with Crippen LogP contribution >= 0.6 is 0 Å². The van der Waals surface area contributed by atoms with Gasteiger partial charge in [-0.3, -0.25) is 0 Å². The van der Waals surface area contributed by atoms with Crippen molar-refractivity contribution in [1.29, 1.82) is 0 Å². The van der Waals surface area contributed by atoms with Crippen LogP contribution in [0.15, 0.2) is 24.3 Å². The Bertz CT molecular complexity index is 351. The van der Waals surface area contributed by atoms with Gasteiger partial charge in [-0.1, -0.05) is 64.0 Å². The molecule has 0 spiro atoms. The fraction of sp³-hybridized carbons (Fsp3) is 0.667. The smallest absolute Gasteiger partial charge is 0.123 e. The molecule has 1 aromatic carbocycles. The second-order valence-corrected chi connectivity index (χ2v) is 5.79. The van der Waals surface area contributed by atoms with E-state index in [1.165, 1.54) is 51.0 Å². The zero-order valence-corrected chi connectivity index (χ0v) is 12.8. The first-order chi connectivity index (χ1) is 9.76. The number of rotatable bonds is 11. The molecule has 1 N–H and O–H groups in total. The molecule has 1 unspecified atom stereocenters. The molecule has 2 heteroatoms. The summed E-state index contributed by atoms with van der Waals surface area (Å²) in [5.74, 6) is 0.0857. The number of hydrogen-bond acceptors (Lipinski definition) is 1. The molecule has 1 aromatic rings. The molecule has 0 radical (unpaired) electrons. The van der Waals surface area contributed by atoms with Gasteiger partial charge in [0.2, 0.25) is 0 Å². The average molecular weight is 280 g/mol. The highest BCUT2D eigenvalue weighted by Crippen LogP contribution is 2.17. The van der Waals surface area contributed by atoms with Crippen molar-refractivity contribution in [2.24, 2.45) is 5.92 Å². The topological polar surface area (TPSA) is 20.2 Å². The van der Waals surface area contributed by atoms with E-state index >= 15 is 0 Å². The Balaban J connectivity index is 2.16. The molecule has 20 heavy (non-hydrogen) atoms. The molecule has 0 aromatic heterocycles. The van der Waals surface area contributed by atoms with Crippen LogP contribution in [0.5, 0.6) is 0 Å². The fourth-order valence-corrected chi connectivity index (χ4v) is 2.65. The first-order valence-electron chi connectivity index (χ1n) is 8.11. The molecular weight excluding hydrogens is 251 g/mol. The van der Waals surface area contributed by atoms with Gasteiger partial charge in [0, 0.05) is 6.61 Å². The van der Waals surface area contributed by atoms with Gasteiger partial charge in [-0.15, -0.1) is 0 Å². The molecule has 0 amide bonds. The highest BCUT2D eigenvalue weighted by molar-refractivity contribution is 5.16. The largest absolute Gasteiger partial charge is 0.396 e. The Morgan fingerprint density at radius 3 is 2.40 bits per heavy atom. The van der Waals surface area contributed by atoms with Gasteiger partial charge in [-0.2, -0.15) is 0 Å². The standard InChI is InChI=1S/C18H29FO/c1-2-3-4-5-6-7-8-10-17(15-20)13-16-11-9-12-18(19)14-16/h9,11-12,14,17,20H,2-8,10,13,15H2,1H3. The van der Waals surface area contributed by atoms with Crippen molar-refractivity contribution < 1.29 is 9.50 Å². The maximum atomic E-state index is 13.1. The van der Waals surface area contributed by atoms with Gasteiger partial charge in [-0.25, -0.2) is 4.39 Å². The van der Waals surface area contributed by atoms with Gasteiger partial charge in [0.25, 0.3) is 0 Å². The van der Waals surface area contributed by atoms with Crippen LogP contribution in [-0.2, 0) is 6.42 Å². The molecule has 0 bridgehead atoms. The summed E-state index contributed by atoms with van der Waals surface area (Å²) in [4.78, 5) is 0. The zero-order chi connectivity index (χ0) is 14.6. The van der Waals surface area contributed by atoms with Crippen LogP contribution < -0.4 is 0 Å². The van der Waals surface area contributed by atoms with Crippen molar-refractivity contribution in [1.82, 2.24) is 0 Å². The van der Waals surface area contributed by atoms with Crippen LogP contribution in [0.1, 0.15) is 63.9 Å². The van der Waals surface area contributed by atoms with E-state index in [9.17, 15) is 9.50 Å². The Morgan fingerprint density at radius 1 is 1.05 bits per heavy atom. The Hall–Kier alpha value is -0.890. The first-order valence-corrected chi connectivity index (χ1v) is 8.11. The third-order valence-corrected chi connectivity index (χ3v) is 3.89. The number of aliphatic hydroxyl groups excluding tert-OH is 1. The summed E-state index contributed by atoms with van der Waals surface area (Å²) < 4.78 is 13.1. The van der Waals surface area contributed by atoms with Crippen LogP contribution in [0.2, 0.25) is 0 Å². The number of halogens is 1. The maximum absolute atomic E-state index is 13.1. The minimum atomic E-state index is -0.185. The van der Waals surface area contributed by atoms with E-state index in [0.717, 1.165) is 18.4 Å². The lowest BCUT2D eigenvalue weighted by molar-refractivity contribution is 0.214. The molecule has 0 heterocycles. The normalized spacial score (nSPS) is 12.6. The molecule has 0 aliphatic heterocycles. The predicted molar refractivity (Wildman–Crippen MR) is 83.3 cm³/mol. The average Bonchev–Trinajstić information content (AvgIpc) is 2.45. The number of unbranched alkanes of at least 4 members (excludes halogenated alkanes) is 6. The minimum Gasteiger partial charge on any atom is -0.396 e. The summed E-state index contributed by atoms with van der Waals surface area (Å²) in [6.07, 6.45) is 10.9. The molecule has 0 aliphatic carbocycles. The second-order valence-electron chi connectivity index (χ2n) is 5.79. The van der Waals surface area contributed by atoms with Crippen LogP contribution in [0.3, 0.4) is 0 Å². The van der Waals surface area contributed by atoms with Gasteiger partial charge in [0.15, 0.2) is 0 Å². The van der Waals surface area contributed by atoms with E-state index in [0.29, 0.717) is 0 Å². The molecular formula is C18H29FO. The SMILES string of the molecule is CCCCCCCCCC(CO)Cc1cccc(F)c1. The van der Waals surface area contributed by atoms with Gasteiger partial charge < -0.3 is 5.11 Å². The summed E-state index contributed by atoms with van der Waals surface area (Å²) in [6, 6.07) is 6.73. The summed E-state index contributed by atoms with van der Waals surface area (Å²) in [5, 5.41) is 9.44. The zero-order valence-electron chi connectivity index (χ0n) is 12.8. The van der Waals surface area contributed by atoms with Crippen molar-refractivity contribution in [2.45, 2.75) is 64.7 Å². The second kappa shape index (κ2) is 10.8. The molecule has 1 nitrogen and oxygen atoms in total. The third-order valence-electron chi connectivity index (χ3n) is 3.89. The number of benzene rings is 1. The monoisotopic (exact) mass is 280 g/mol. The van der Waals surface area contributed by atoms with Crippen molar-refractivity contribution in [3.05, 3.63) is 35.6 Å². The quantitative estimate of drug-likeness (QED) is 0.558. The summed E-state index contributed by atoms with van der Waals surface area (Å²) >= 11 is 0. The highest BCUT2D eigenvalue weighted by atomic mass is 19.1. The Labute approximate surface area is 123 Å². The number of hydrogen-bond donors (Lipinski definition) is 1. The maximum Gasteiger partial charge on any atom is 0.123 e. The fourth-order valence-electron chi connectivity index (χ4n) is 2.65. The van der Waals surface area contributed by atoms with Gasteiger partial charge in [0.1, 0.15) is 5.82 Å². The van der Waals surface area contributed by atoms with Gasteiger partial charge >= 0.3 is 0 Å². The van der Waals surface area contributed by atoms with Gasteiger partial charge in [-0.05, 0) is 36.5 Å². The Kier molecular flexibility index (Phi) is 9.31. The first kappa shape index (κ1) is 17.2. The molecule has 0 aliphatic rings. The van der Waals surface area contributed by atoms with E-state index in [1.807, 2.05) is 6.07 Å². The minimum absolute atomic E-state index is 0.185. The van der Waals surface area contributed by atoms with Crippen molar-refractivity contribution in [2.75, 3.05) is 6.61 Å². The van der Waals surface area contributed by atoms with Crippen LogP contribution in [-0.4, -0.2) is 11.7 Å². The van der Waals surface area contributed by atoms with E-state index in [4.69, 9.17) is 0 Å². The lowest BCUT2D eigenvalue weighted by Crippen LogP contribution is -2.09. The van der Waals surface area contributed by atoms with Crippen molar-refractivity contribution in [3.8, 4) is 0 Å². The van der Waals surface area contributed by atoms with Crippen LogP contribution in [0.25, 0.3) is 0 Å². The molecule has 0 saturated carbocycles. The Morgan fingerprint density at radius 2 is 1.75 bits per heavy atom. The van der Waals surface area contributed by atoms with Crippen LogP contribution in [0, 0.1) is 11.7 Å². The highest BCUT2D eigenvalue weighted by Gasteiger charge is 2.09. The summed E-state index contributed by atoms with van der Waals surface area (Å²) in [5.41, 5.74) is 0.993.